The maximum atomic E-state index is 11.6. The number of ether oxygens (including phenoxy) is 1. The quantitative estimate of drug-likeness (QED) is 0.722. The Labute approximate surface area is 111 Å². The van der Waals surface area contributed by atoms with E-state index in [0.717, 1.165) is 0 Å². The topological polar surface area (TPSA) is 93.5 Å². The summed E-state index contributed by atoms with van der Waals surface area (Å²) >= 11 is 0. The van der Waals surface area contributed by atoms with Crippen LogP contribution in [-0.2, 0) is 19.9 Å². The third-order valence-electron chi connectivity index (χ3n) is 2.71. The van der Waals surface area contributed by atoms with Gasteiger partial charge in [-0.25, -0.2) is 4.79 Å². The lowest BCUT2D eigenvalue weighted by Gasteiger charge is -2.19. The zero-order chi connectivity index (χ0) is 14.5. The Hall–Kier alpha value is -1.89. The summed E-state index contributed by atoms with van der Waals surface area (Å²) in [4.78, 5) is 22.6. The summed E-state index contributed by atoms with van der Waals surface area (Å²) in [6.45, 7) is 3.60. The number of carbonyl (C=O) groups is 2. The summed E-state index contributed by atoms with van der Waals surface area (Å²) in [5.41, 5.74) is -0.671. The fourth-order valence-electron chi connectivity index (χ4n) is 1.39. The highest BCUT2D eigenvalue weighted by Crippen LogP contribution is 2.17. The first-order chi connectivity index (χ1) is 8.87. The molecular formula is C12H19N3O4. The molecule has 19 heavy (non-hydrogen) atoms. The number of nitrogens with zero attached hydrogens (tertiary/aromatic N) is 2. The molecule has 7 heteroatoms. The molecule has 1 rings (SSSR count). The van der Waals surface area contributed by atoms with Crippen molar-refractivity contribution in [2.24, 2.45) is 0 Å². The van der Waals surface area contributed by atoms with E-state index in [1.807, 2.05) is 0 Å². The minimum absolute atomic E-state index is 0.148. The average molecular weight is 269 g/mol. The van der Waals surface area contributed by atoms with Crippen molar-refractivity contribution in [3.05, 3.63) is 12.4 Å². The van der Waals surface area contributed by atoms with Gasteiger partial charge in [-0.3, -0.25) is 9.48 Å². The fraction of sp³-hybridized carbons (Fsp3) is 0.583. The van der Waals surface area contributed by atoms with Crippen LogP contribution in [0.2, 0.25) is 0 Å². The third kappa shape index (κ3) is 4.06. The molecule has 1 aromatic rings. The van der Waals surface area contributed by atoms with Crippen molar-refractivity contribution < 1.29 is 19.4 Å². The Morgan fingerprint density at radius 3 is 2.79 bits per heavy atom. The van der Waals surface area contributed by atoms with Crippen LogP contribution in [0.3, 0.4) is 0 Å². The summed E-state index contributed by atoms with van der Waals surface area (Å²) in [5.74, 6) is -1.14. The molecule has 0 saturated carbocycles. The van der Waals surface area contributed by atoms with E-state index in [2.05, 4.69) is 10.4 Å². The van der Waals surface area contributed by atoms with Gasteiger partial charge in [0.15, 0.2) is 5.54 Å². The van der Waals surface area contributed by atoms with Gasteiger partial charge in [0.25, 0.3) is 0 Å². The number of carbonyl (C=O) groups excluding carboxylic acids is 1. The molecule has 0 aromatic carbocycles. The summed E-state index contributed by atoms with van der Waals surface area (Å²) < 4.78 is 6.16. The molecule has 0 fully saturated rings. The molecular weight excluding hydrogens is 250 g/mol. The van der Waals surface area contributed by atoms with Gasteiger partial charge in [0.1, 0.15) is 0 Å². The van der Waals surface area contributed by atoms with Gasteiger partial charge < -0.3 is 15.2 Å². The van der Waals surface area contributed by atoms with E-state index in [1.165, 1.54) is 30.9 Å². The van der Waals surface area contributed by atoms with Gasteiger partial charge in [-0.05, 0) is 20.3 Å². The molecule has 1 aromatic heterocycles. The molecule has 1 heterocycles. The van der Waals surface area contributed by atoms with Crippen molar-refractivity contribution in [1.29, 1.82) is 0 Å². The maximum Gasteiger partial charge on any atom is 0.331 e. The highest BCUT2D eigenvalue weighted by Gasteiger charge is 2.30. The van der Waals surface area contributed by atoms with E-state index in [9.17, 15) is 9.59 Å². The number of aliphatic carboxylic acids is 1. The van der Waals surface area contributed by atoms with Gasteiger partial charge in [-0.15, -0.1) is 0 Å². The number of nitrogens with one attached hydrogen (secondary N) is 1. The van der Waals surface area contributed by atoms with Crippen LogP contribution in [0, 0.1) is 0 Å². The second-order valence-electron chi connectivity index (χ2n) is 4.68. The summed E-state index contributed by atoms with van der Waals surface area (Å²) in [7, 11) is 1.58. The smallest absolute Gasteiger partial charge is 0.331 e. The second-order valence-corrected chi connectivity index (χ2v) is 4.68. The lowest BCUT2D eigenvalue weighted by Crippen LogP contribution is -2.35. The molecule has 0 spiro atoms. The molecule has 0 aliphatic heterocycles. The standard InChI is InChI=1S/C12H19N3O4/c1-12(2,11(17)18)15-8-9(7-13-15)14-10(16)5-4-6-19-3/h7-8H,4-6H2,1-3H3,(H,14,16)(H,17,18). The summed E-state index contributed by atoms with van der Waals surface area (Å²) in [5, 5.41) is 15.7. The Balaban J connectivity index is 2.60. The van der Waals surface area contributed by atoms with Crippen molar-refractivity contribution in [3.8, 4) is 0 Å². The van der Waals surface area contributed by atoms with Crippen molar-refractivity contribution in [3.63, 3.8) is 0 Å². The van der Waals surface area contributed by atoms with E-state index in [-0.39, 0.29) is 5.91 Å². The second kappa shape index (κ2) is 6.33. The number of rotatable bonds is 7. The lowest BCUT2D eigenvalue weighted by atomic mass is 10.1. The third-order valence-corrected chi connectivity index (χ3v) is 2.71. The molecule has 0 radical (unpaired) electrons. The molecule has 0 atom stereocenters. The van der Waals surface area contributed by atoms with Crippen LogP contribution in [0.1, 0.15) is 26.7 Å². The number of methoxy groups -OCH3 is 1. The molecule has 0 saturated heterocycles. The zero-order valence-electron chi connectivity index (χ0n) is 11.3. The van der Waals surface area contributed by atoms with Crippen LogP contribution in [0.4, 0.5) is 5.69 Å². The van der Waals surface area contributed by atoms with Crippen molar-refractivity contribution in [2.45, 2.75) is 32.2 Å². The normalized spacial score (nSPS) is 11.3. The van der Waals surface area contributed by atoms with E-state index in [0.29, 0.717) is 25.1 Å². The van der Waals surface area contributed by atoms with E-state index >= 15 is 0 Å². The predicted molar refractivity (Wildman–Crippen MR) is 68.9 cm³/mol. The fourth-order valence-corrected chi connectivity index (χ4v) is 1.39. The zero-order valence-corrected chi connectivity index (χ0v) is 11.3. The Bertz CT molecular complexity index is 454. The number of anilines is 1. The maximum absolute atomic E-state index is 11.6. The van der Waals surface area contributed by atoms with Gasteiger partial charge in [-0.1, -0.05) is 0 Å². The minimum atomic E-state index is -1.15. The number of hydrogen-bond acceptors (Lipinski definition) is 4. The van der Waals surface area contributed by atoms with Crippen molar-refractivity contribution in [2.75, 3.05) is 19.0 Å². The highest BCUT2D eigenvalue weighted by molar-refractivity contribution is 5.90. The average Bonchev–Trinajstić information content (AvgIpc) is 2.78. The van der Waals surface area contributed by atoms with Gasteiger partial charge in [-0.2, -0.15) is 5.10 Å². The molecule has 1 amide bonds. The van der Waals surface area contributed by atoms with Crippen LogP contribution < -0.4 is 5.32 Å². The molecule has 106 valence electrons. The van der Waals surface area contributed by atoms with Crippen molar-refractivity contribution in [1.82, 2.24) is 9.78 Å². The number of hydrogen-bond donors (Lipinski definition) is 2. The predicted octanol–water partition coefficient (Wildman–Crippen LogP) is 1.07. The summed E-state index contributed by atoms with van der Waals surface area (Å²) in [6, 6.07) is 0. The molecule has 0 unspecified atom stereocenters. The first-order valence-electron chi connectivity index (χ1n) is 5.95. The minimum Gasteiger partial charge on any atom is -0.479 e. The molecule has 0 aliphatic rings. The van der Waals surface area contributed by atoms with E-state index in [4.69, 9.17) is 9.84 Å². The van der Waals surface area contributed by atoms with Crippen LogP contribution in [-0.4, -0.2) is 40.5 Å². The van der Waals surface area contributed by atoms with Crippen molar-refractivity contribution >= 4 is 17.6 Å². The van der Waals surface area contributed by atoms with Gasteiger partial charge in [0.2, 0.25) is 5.91 Å². The largest absolute Gasteiger partial charge is 0.479 e. The molecule has 0 bridgehead atoms. The first kappa shape index (κ1) is 15.2. The summed E-state index contributed by atoms with van der Waals surface area (Å²) in [6.07, 6.45) is 3.92. The van der Waals surface area contributed by atoms with Crippen LogP contribution >= 0.6 is 0 Å². The van der Waals surface area contributed by atoms with Gasteiger partial charge in [0.05, 0.1) is 11.9 Å². The number of carboxylic acid groups (broad SMARTS) is 1. The Morgan fingerprint density at radius 2 is 2.21 bits per heavy atom. The highest BCUT2D eigenvalue weighted by atomic mass is 16.5. The first-order valence-corrected chi connectivity index (χ1v) is 5.95. The van der Waals surface area contributed by atoms with E-state index in [1.54, 1.807) is 7.11 Å². The Morgan fingerprint density at radius 1 is 1.53 bits per heavy atom. The molecule has 7 nitrogen and oxygen atoms in total. The number of amides is 1. The number of aromatic nitrogens is 2. The van der Waals surface area contributed by atoms with Crippen LogP contribution in [0.15, 0.2) is 12.4 Å². The van der Waals surface area contributed by atoms with Gasteiger partial charge >= 0.3 is 5.97 Å². The SMILES string of the molecule is COCCCC(=O)Nc1cnn(C(C)(C)C(=O)O)c1. The van der Waals surface area contributed by atoms with Crippen LogP contribution in [0.5, 0.6) is 0 Å². The monoisotopic (exact) mass is 269 g/mol. The Kier molecular flexibility index (Phi) is 5.05. The lowest BCUT2D eigenvalue weighted by molar-refractivity contribution is -0.146. The molecule has 0 aliphatic carbocycles. The van der Waals surface area contributed by atoms with Crippen LogP contribution in [0.25, 0.3) is 0 Å². The van der Waals surface area contributed by atoms with Gasteiger partial charge in [0, 0.05) is 26.3 Å². The van der Waals surface area contributed by atoms with E-state index < -0.39 is 11.5 Å². The number of carboxylic acids is 1. The molecule has 2 N–H and O–H groups in total.